The van der Waals surface area contributed by atoms with E-state index in [1.807, 2.05) is 6.07 Å². The van der Waals surface area contributed by atoms with Crippen LogP contribution in [-0.4, -0.2) is 21.0 Å². The summed E-state index contributed by atoms with van der Waals surface area (Å²) in [4.78, 5) is 18.8. The van der Waals surface area contributed by atoms with Gasteiger partial charge in [-0.1, -0.05) is 11.6 Å². The van der Waals surface area contributed by atoms with Crippen LogP contribution in [0.2, 0.25) is 0 Å². The van der Waals surface area contributed by atoms with E-state index in [1.54, 1.807) is 19.1 Å². The van der Waals surface area contributed by atoms with Crippen LogP contribution in [0.25, 0.3) is 0 Å². The highest BCUT2D eigenvalue weighted by atomic mass is 16.5. The van der Waals surface area contributed by atoms with Gasteiger partial charge in [0.05, 0.1) is 12.4 Å². The quantitative estimate of drug-likeness (QED) is 0.902. The summed E-state index contributed by atoms with van der Waals surface area (Å²) in [6.07, 6.45) is 2.52. The number of aromatic carboxylic acids is 1. The molecule has 0 bridgehead atoms. The molecule has 2 aromatic rings. The number of hydrogen-bond donors (Lipinski definition) is 1. The Morgan fingerprint density at radius 3 is 2.74 bits per heavy atom. The van der Waals surface area contributed by atoms with Crippen LogP contribution in [0.5, 0.6) is 11.6 Å². The number of aromatic nitrogens is 2. The van der Waals surface area contributed by atoms with Crippen LogP contribution in [0, 0.1) is 18.3 Å². The monoisotopic (exact) mass is 255 g/mol. The van der Waals surface area contributed by atoms with Gasteiger partial charge >= 0.3 is 5.97 Å². The molecule has 6 heteroatoms. The lowest BCUT2D eigenvalue weighted by atomic mass is 10.1. The third kappa shape index (κ3) is 2.84. The van der Waals surface area contributed by atoms with Crippen molar-refractivity contribution < 1.29 is 14.6 Å². The fourth-order valence-corrected chi connectivity index (χ4v) is 1.44. The third-order valence-corrected chi connectivity index (χ3v) is 2.32. The number of aryl methyl sites for hydroxylation is 1. The number of nitriles is 1. The van der Waals surface area contributed by atoms with Crippen molar-refractivity contribution in [3.63, 3.8) is 0 Å². The molecule has 0 saturated heterocycles. The average molecular weight is 255 g/mol. The maximum Gasteiger partial charge on any atom is 0.339 e. The zero-order chi connectivity index (χ0) is 13.8. The summed E-state index contributed by atoms with van der Waals surface area (Å²) < 4.78 is 5.36. The van der Waals surface area contributed by atoms with Crippen molar-refractivity contribution in [3.8, 4) is 17.7 Å². The molecule has 0 aliphatic carbocycles. The number of carboxylic acids is 1. The number of rotatable bonds is 3. The van der Waals surface area contributed by atoms with Gasteiger partial charge in [0.25, 0.3) is 0 Å². The summed E-state index contributed by atoms with van der Waals surface area (Å²) >= 11 is 0. The van der Waals surface area contributed by atoms with E-state index in [4.69, 9.17) is 15.1 Å². The van der Waals surface area contributed by atoms with Crippen LogP contribution in [0.15, 0.2) is 30.6 Å². The molecule has 0 amide bonds. The number of carbonyl (C=O) groups is 1. The Labute approximate surface area is 108 Å². The first-order valence-corrected chi connectivity index (χ1v) is 5.34. The molecule has 1 aromatic heterocycles. The molecule has 0 saturated carbocycles. The molecule has 0 unspecified atom stereocenters. The smallest absolute Gasteiger partial charge is 0.339 e. The molecule has 6 nitrogen and oxygen atoms in total. The Hall–Kier alpha value is -2.94. The van der Waals surface area contributed by atoms with Crippen molar-refractivity contribution in [1.29, 1.82) is 5.26 Å². The van der Waals surface area contributed by atoms with Gasteiger partial charge in [0.15, 0.2) is 5.69 Å². The minimum absolute atomic E-state index is 0.0474. The summed E-state index contributed by atoms with van der Waals surface area (Å²) in [7, 11) is 0. The Balaban J connectivity index is 2.32. The van der Waals surface area contributed by atoms with Gasteiger partial charge < -0.3 is 9.84 Å². The fourth-order valence-electron chi connectivity index (χ4n) is 1.44. The maximum absolute atomic E-state index is 11.1. The van der Waals surface area contributed by atoms with Gasteiger partial charge in [-0.3, -0.25) is 0 Å². The summed E-state index contributed by atoms with van der Waals surface area (Å²) in [5.41, 5.74) is 1.02. The second kappa shape index (κ2) is 5.14. The van der Waals surface area contributed by atoms with E-state index in [0.29, 0.717) is 0 Å². The van der Waals surface area contributed by atoms with E-state index in [-0.39, 0.29) is 22.9 Å². The first-order valence-electron chi connectivity index (χ1n) is 5.34. The lowest BCUT2D eigenvalue weighted by molar-refractivity contribution is 0.0694. The van der Waals surface area contributed by atoms with Gasteiger partial charge in [-0.15, -0.1) is 0 Å². The van der Waals surface area contributed by atoms with Crippen LogP contribution in [0.1, 0.15) is 21.6 Å². The van der Waals surface area contributed by atoms with Crippen molar-refractivity contribution in [1.82, 2.24) is 9.97 Å². The number of ether oxygens (including phenoxy) is 1. The van der Waals surface area contributed by atoms with E-state index >= 15 is 0 Å². The van der Waals surface area contributed by atoms with Gasteiger partial charge in [0.2, 0.25) is 5.88 Å². The molecule has 0 radical (unpaired) electrons. The number of benzene rings is 1. The lowest BCUT2D eigenvalue weighted by Gasteiger charge is -2.08. The van der Waals surface area contributed by atoms with Gasteiger partial charge in [0.1, 0.15) is 17.4 Å². The Kier molecular flexibility index (Phi) is 3.39. The van der Waals surface area contributed by atoms with E-state index in [9.17, 15) is 4.79 Å². The van der Waals surface area contributed by atoms with Crippen molar-refractivity contribution in [3.05, 3.63) is 47.4 Å². The maximum atomic E-state index is 11.1. The standard InChI is InChI=1S/C13H9N3O3/c1-8-2-3-11(10(4-8)13(17)18)19-12-7-15-9(5-14)6-16-12/h2-4,6-7H,1H3,(H,17,18). The molecule has 1 N–H and O–H groups in total. The first-order chi connectivity index (χ1) is 9.10. The molecule has 19 heavy (non-hydrogen) atoms. The van der Waals surface area contributed by atoms with Crippen LogP contribution >= 0.6 is 0 Å². The number of carboxylic acid groups (broad SMARTS) is 1. The highest BCUT2D eigenvalue weighted by Gasteiger charge is 2.12. The van der Waals surface area contributed by atoms with Crippen molar-refractivity contribution in [2.24, 2.45) is 0 Å². The van der Waals surface area contributed by atoms with Crippen molar-refractivity contribution in [2.45, 2.75) is 6.92 Å². The second-order valence-corrected chi connectivity index (χ2v) is 3.76. The third-order valence-electron chi connectivity index (χ3n) is 2.32. The Morgan fingerprint density at radius 1 is 1.37 bits per heavy atom. The van der Waals surface area contributed by atoms with Crippen LogP contribution in [0.4, 0.5) is 0 Å². The van der Waals surface area contributed by atoms with E-state index < -0.39 is 5.97 Å². The van der Waals surface area contributed by atoms with Crippen molar-refractivity contribution in [2.75, 3.05) is 0 Å². The summed E-state index contributed by atoms with van der Waals surface area (Å²) in [6, 6.07) is 6.63. The van der Waals surface area contributed by atoms with Gasteiger partial charge in [-0.25, -0.2) is 14.8 Å². The molecule has 0 aliphatic rings. The average Bonchev–Trinajstić information content (AvgIpc) is 2.41. The molecule has 1 heterocycles. The minimum atomic E-state index is -1.08. The zero-order valence-electron chi connectivity index (χ0n) is 9.99. The normalized spacial score (nSPS) is 9.68. The Bertz CT molecular complexity index is 660. The van der Waals surface area contributed by atoms with Crippen LogP contribution in [-0.2, 0) is 0 Å². The highest BCUT2D eigenvalue weighted by Crippen LogP contribution is 2.24. The molecule has 0 spiro atoms. The summed E-state index contributed by atoms with van der Waals surface area (Å²) in [6.45, 7) is 1.79. The van der Waals surface area contributed by atoms with Crippen LogP contribution in [0.3, 0.4) is 0 Å². The van der Waals surface area contributed by atoms with Crippen molar-refractivity contribution >= 4 is 5.97 Å². The molecule has 0 fully saturated rings. The molecule has 0 aliphatic heterocycles. The Morgan fingerprint density at radius 2 is 2.16 bits per heavy atom. The predicted octanol–water partition coefficient (Wildman–Crippen LogP) is 2.15. The topological polar surface area (TPSA) is 96.1 Å². The number of hydrogen-bond acceptors (Lipinski definition) is 5. The van der Waals surface area contributed by atoms with Gasteiger partial charge in [-0.05, 0) is 19.1 Å². The lowest BCUT2D eigenvalue weighted by Crippen LogP contribution is -2.01. The second-order valence-electron chi connectivity index (χ2n) is 3.76. The minimum Gasteiger partial charge on any atom is -0.478 e. The highest BCUT2D eigenvalue weighted by molar-refractivity contribution is 5.91. The molecule has 2 rings (SSSR count). The zero-order valence-corrected chi connectivity index (χ0v) is 9.99. The SMILES string of the molecule is Cc1ccc(Oc2cnc(C#N)cn2)c(C(=O)O)c1. The molecule has 0 atom stereocenters. The molecular formula is C13H9N3O3. The first kappa shape index (κ1) is 12.5. The van der Waals surface area contributed by atoms with E-state index in [1.165, 1.54) is 18.5 Å². The summed E-state index contributed by atoms with van der Waals surface area (Å²) in [5, 5.41) is 17.7. The molecular weight excluding hydrogens is 246 g/mol. The van der Waals surface area contributed by atoms with Gasteiger partial charge in [0, 0.05) is 0 Å². The molecule has 94 valence electrons. The fraction of sp³-hybridized carbons (Fsp3) is 0.0769. The van der Waals surface area contributed by atoms with Gasteiger partial charge in [-0.2, -0.15) is 5.26 Å². The predicted molar refractivity (Wildman–Crippen MR) is 65.0 cm³/mol. The van der Waals surface area contributed by atoms with E-state index in [2.05, 4.69) is 9.97 Å². The largest absolute Gasteiger partial charge is 0.478 e. The van der Waals surface area contributed by atoms with Crippen LogP contribution < -0.4 is 4.74 Å². The molecule has 1 aromatic carbocycles. The summed E-state index contributed by atoms with van der Waals surface area (Å²) in [5.74, 6) is -0.775. The number of nitrogens with zero attached hydrogens (tertiary/aromatic N) is 3. The van der Waals surface area contributed by atoms with E-state index in [0.717, 1.165) is 5.56 Å².